The van der Waals surface area contributed by atoms with Crippen molar-refractivity contribution in [1.29, 1.82) is 0 Å². The number of carbonyl (C=O) groups is 1. The predicted molar refractivity (Wildman–Crippen MR) is 107 cm³/mol. The normalized spacial score (nSPS) is 15.2. The van der Waals surface area contributed by atoms with E-state index in [-0.39, 0.29) is 5.91 Å². The summed E-state index contributed by atoms with van der Waals surface area (Å²) in [6.07, 6.45) is 2.00. The van der Waals surface area contributed by atoms with E-state index < -0.39 is 0 Å². The van der Waals surface area contributed by atoms with Crippen molar-refractivity contribution in [1.82, 2.24) is 19.9 Å². The van der Waals surface area contributed by atoms with E-state index in [0.717, 1.165) is 28.4 Å². The van der Waals surface area contributed by atoms with Gasteiger partial charge in [-0.2, -0.15) is 4.98 Å². The fraction of sp³-hybridized carbons (Fsp3) is 0.316. The highest BCUT2D eigenvalue weighted by atomic mass is 32.2. The van der Waals surface area contributed by atoms with Crippen molar-refractivity contribution >= 4 is 29.0 Å². The Kier molecular flexibility index (Phi) is 5.56. The van der Waals surface area contributed by atoms with Crippen molar-refractivity contribution < 1.29 is 9.32 Å². The zero-order valence-electron chi connectivity index (χ0n) is 15.0. The molecule has 1 aliphatic rings. The number of amides is 1. The van der Waals surface area contributed by atoms with Crippen LogP contribution in [0.3, 0.4) is 0 Å². The van der Waals surface area contributed by atoms with E-state index in [1.165, 1.54) is 0 Å². The molecule has 1 amide bonds. The third-order valence-corrected chi connectivity index (χ3v) is 6.23. The molecule has 3 aromatic rings. The van der Waals surface area contributed by atoms with Crippen LogP contribution in [0.1, 0.15) is 16.2 Å². The summed E-state index contributed by atoms with van der Waals surface area (Å²) in [5, 5.41) is 6.05. The fourth-order valence-electron chi connectivity index (χ4n) is 3.12. The monoisotopic (exact) mass is 400 g/mol. The van der Waals surface area contributed by atoms with Gasteiger partial charge in [0.2, 0.25) is 11.7 Å². The van der Waals surface area contributed by atoms with Gasteiger partial charge in [0.25, 0.3) is 5.91 Å². The maximum absolute atomic E-state index is 12.8. The summed E-state index contributed by atoms with van der Waals surface area (Å²) in [5.41, 5.74) is 0.788. The Hall–Kier alpha value is -2.16. The lowest BCUT2D eigenvalue weighted by atomic mass is 10.2. The van der Waals surface area contributed by atoms with E-state index in [0.29, 0.717) is 31.3 Å². The van der Waals surface area contributed by atoms with Gasteiger partial charge in [0, 0.05) is 31.1 Å². The van der Waals surface area contributed by atoms with Crippen molar-refractivity contribution in [3.8, 4) is 10.7 Å². The minimum absolute atomic E-state index is 0.109. The minimum atomic E-state index is 0.109. The molecule has 140 valence electrons. The molecular weight excluding hydrogens is 380 g/mol. The number of carbonyl (C=O) groups excluding carboxylic acids is 1. The maximum Gasteiger partial charge on any atom is 0.255 e. The minimum Gasteiger partial charge on any atom is -0.338 e. The summed E-state index contributed by atoms with van der Waals surface area (Å²) < 4.78 is 5.39. The van der Waals surface area contributed by atoms with Gasteiger partial charge in [0.05, 0.1) is 17.0 Å². The van der Waals surface area contributed by atoms with E-state index in [1.54, 1.807) is 23.1 Å². The fourth-order valence-corrected chi connectivity index (χ4v) is 4.36. The highest BCUT2D eigenvalue weighted by molar-refractivity contribution is 7.98. The summed E-state index contributed by atoms with van der Waals surface area (Å²) in [7, 11) is 0. The lowest BCUT2D eigenvalue weighted by Crippen LogP contribution is -2.48. The second-order valence-corrected chi connectivity index (χ2v) is 8.05. The van der Waals surface area contributed by atoms with Crippen LogP contribution in [-0.4, -0.2) is 58.3 Å². The van der Waals surface area contributed by atoms with Crippen LogP contribution in [0.4, 0.5) is 0 Å². The lowest BCUT2D eigenvalue weighted by molar-refractivity contribution is 0.0612. The molecule has 0 bridgehead atoms. The predicted octanol–water partition coefficient (Wildman–Crippen LogP) is 3.48. The molecule has 0 unspecified atom stereocenters. The standard InChI is InChI=1S/C19H20N4O2S2/c1-26-15-6-3-2-5-14(15)19(24)23-10-8-22(9-11-23)13-17-20-18(21-25-17)16-7-4-12-27-16/h2-7,12H,8-11,13H2,1H3. The second-order valence-electron chi connectivity index (χ2n) is 6.26. The van der Waals surface area contributed by atoms with Crippen molar-refractivity contribution in [3.63, 3.8) is 0 Å². The molecule has 8 heteroatoms. The van der Waals surface area contributed by atoms with Crippen LogP contribution < -0.4 is 0 Å². The van der Waals surface area contributed by atoms with Crippen molar-refractivity contribution in [2.24, 2.45) is 0 Å². The van der Waals surface area contributed by atoms with Gasteiger partial charge in [0.15, 0.2) is 0 Å². The molecule has 0 radical (unpaired) electrons. The molecule has 1 aliphatic heterocycles. The highest BCUT2D eigenvalue weighted by Gasteiger charge is 2.24. The molecule has 6 nitrogen and oxygen atoms in total. The third-order valence-electron chi connectivity index (χ3n) is 4.57. The molecule has 0 N–H and O–H groups in total. The number of thioether (sulfide) groups is 1. The van der Waals surface area contributed by atoms with Gasteiger partial charge in [-0.05, 0) is 29.8 Å². The number of piperazine rings is 1. The van der Waals surface area contributed by atoms with Crippen LogP contribution >= 0.6 is 23.1 Å². The van der Waals surface area contributed by atoms with Crippen LogP contribution in [0.2, 0.25) is 0 Å². The zero-order chi connectivity index (χ0) is 18.6. The summed E-state index contributed by atoms with van der Waals surface area (Å²) >= 11 is 3.20. The van der Waals surface area contributed by atoms with Crippen molar-refractivity contribution in [2.45, 2.75) is 11.4 Å². The molecule has 27 heavy (non-hydrogen) atoms. The summed E-state index contributed by atoms with van der Waals surface area (Å²) in [6.45, 7) is 3.61. The zero-order valence-corrected chi connectivity index (χ0v) is 16.6. The molecule has 2 aromatic heterocycles. The topological polar surface area (TPSA) is 62.5 Å². The molecule has 1 saturated heterocycles. The van der Waals surface area contributed by atoms with Gasteiger partial charge in [0.1, 0.15) is 0 Å². The average molecular weight is 401 g/mol. The van der Waals surface area contributed by atoms with Crippen LogP contribution in [0.5, 0.6) is 0 Å². The Bertz CT molecular complexity index is 902. The van der Waals surface area contributed by atoms with E-state index in [9.17, 15) is 4.79 Å². The molecule has 4 rings (SSSR count). The van der Waals surface area contributed by atoms with Gasteiger partial charge in [-0.15, -0.1) is 23.1 Å². The number of aromatic nitrogens is 2. The molecule has 0 aliphatic carbocycles. The molecular formula is C19H20N4O2S2. The second kappa shape index (κ2) is 8.24. The van der Waals surface area contributed by atoms with E-state index in [1.807, 2.05) is 52.9 Å². The van der Waals surface area contributed by atoms with E-state index in [2.05, 4.69) is 15.0 Å². The first-order chi connectivity index (χ1) is 13.2. The average Bonchev–Trinajstić information content (AvgIpc) is 3.40. The first-order valence-corrected chi connectivity index (χ1v) is 10.9. The van der Waals surface area contributed by atoms with Gasteiger partial charge in [-0.3, -0.25) is 9.69 Å². The van der Waals surface area contributed by atoms with Gasteiger partial charge in [-0.1, -0.05) is 23.4 Å². The number of hydrogen-bond donors (Lipinski definition) is 0. The molecule has 3 heterocycles. The number of thiophene rings is 1. The maximum atomic E-state index is 12.8. The SMILES string of the molecule is CSc1ccccc1C(=O)N1CCN(Cc2nc(-c3cccs3)no2)CC1. The Labute approximate surface area is 166 Å². The smallest absolute Gasteiger partial charge is 0.255 e. The van der Waals surface area contributed by atoms with E-state index in [4.69, 9.17) is 4.52 Å². The molecule has 0 saturated carbocycles. The first-order valence-electron chi connectivity index (χ1n) is 8.75. The van der Waals surface area contributed by atoms with E-state index >= 15 is 0 Å². The van der Waals surface area contributed by atoms with Crippen LogP contribution in [-0.2, 0) is 6.54 Å². The van der Waals surface area contributed by atoms with Gasteiger partial charge < -0.3 is 9.42 Å². The van der Waals surface area contributed by atoms with Crippen molar-refractivity contribution in [2.75, 3.05) is 32.4 Å². The third kappa shape index (κ3) is 4.07. The van der Waals surface area contributed by atoms with Crippen LogP contribution in [0.25, 0.3) is 10.7 Å². The Morgan fingerprint density at radius 2 is 2.00 bits per heavy atom. The Morgan fingerprint density at radius 3 is 2.74 bits per heavy atom. The number of benzene rings is 1. The summed E-state index contributed by atoms with van der Waals surface area (Å²) in [5.74, 6) is 1.37. The largest absolute Gasteiger partial charge is 0.338 e. The molecule has 0 atom stereocenters. The van der Waals surface area contributed by atoms with Gasteiger partial charge in [-0.25, -0.2) is 0 Å². The van der Waals surface area contributed by atoms with Crippen LogP contribution in [0.15, 0.2) is 51.2 Å². The molecule has 0 spiro atoms. The Balaban J connectivity index is 1.34. The first kappa shape index (κ1) is 18.2. The molecule has 1 fully saturated rings. The quantitative estimate of drug-likeness (QED) is 0.611. The van der Waals surface area contributed by atoms with Gasteiger partial charge >= 0.3 is 0 Å². The number of hydrogen-bond acceptors (Lipinski definition) is 7. The summed E-state index contributed by atoms with van der Waals surface area (Å²) in [6, 6.07) is 11.7. The number of rotatable bonds is 5. The summed E-state index contributed by atoms with van der Waals surface area (Å²) in [4.78, 5) is 23.5. The highest BCUT2D eigenvalue weighted by Crippen LogP contribution is 2.23. The lowest BCUT2D eigenvalue weighted by Gasteiger charge is -2.34. The van der Waals surface area contributed by atoms with Crippen LogP contribution in [0, 0.1) is 0 Å². The Morgan fingerprint density at radius 1 is 1.19 bits per heavy atom. The van der Waals surface area contributed by atoms with Crippen molar-refractivity contribution in [3.05, 3.63) is 53.2 Å². The molecule has 1 aromatic carbocycles. The number of nitrogens with zero attached hydrogens (tertiary/aromatic N) is 4.